The van der Waals surface area contributed by atoms with Crippen LogP contribution in [0.15, 0.2) is 66.7 Å². The predicted molar refractivity (Wildman–Crippen MR) is 95.5 cm³/mol. The summed E-state index contributed by atoms with van der Waals surface area (Å²) in [5.41, 5.74) is 1.67. The zero-order chi connectivity index (χ0) is 17.8. The molecule has 0 amide bonds. The Labute approximate surface area is 146 Å². The zero-order valence-corrected chi connectivity index (χ0v) is 13.8. The second-order valence-electron chi connectivity index (χ2n) is 5.60. The molecule has 3 aromatic carbocycles. The molecule has 0 heterocycles. The molecule has 3 aromatic rings. The van der Waals surface area contributed by atoms with Gasteiger partial charge in [-0.1, -0.05) is 49.4 Å². The van der Waals surface area contributed by atoms with Gasteiger partial charge in [-0.2, -0.15) is 0 Å². The molecule has 2 N–H and O–H groups in total. The average Bonchev–Trinajstić information content (AvgIpc) is 2.66. The van der Waals surface area contributed by atoms with Crippen LogP contribution in [-0.2, 0) is 6.42 Å². The molecule has 0 aliphatic heterocycles. The summed E-state index contributed by atoms with van der Waals surface area (Å²) in [6, 6.07) is 18.7. The Kier molecular flexibility index (Phi) is 4.70. The average molecular weight is 334 g/mol. The van der Waals surface area contributed by atoms with Crippen molar-refractivity contribution in [2.24, 2.45) is 0 Å². The molecule has 0 bridgehead atoms. The van der Waals surface area contributed by atoms with E-state index in [4.69, 9.17) is 4.74 Å². The molecule has 0 unspecified atom stereocenters. The highest BCUT2D eigenvalue weighted by molar-refractivity contribution is 6.11. The van der Waals surface area contributed by atoms with E-state index in [0.29, 0.717) is 11.3 Å². The van der Waals surface area contributed by atoms with Gasteiger partial charge in [-0.25, -0.2) is 0 Å². The highest BCUT2D eigenvalue weighted by atomic mass is 16.5. The van der Waals surface area contributed by atoms with Gasteiger partial charge in [0.15, 0.2) is 17.3 Å². The molecule has 0 aliphatic rings. The second-order valence-corrected chi connectivity index (χ2v) is 5.60. The van der Waals surface area contributed by atoms with Gasteiger partial charge in [0.05, 0.1) is 5.56 Å². The Morgan fingerprint density at radius 1 is 0.920 bits per heavy atom. The van der Waals surface area contributed by atoms with Crippen LogP contribution in [0.1, 0.15) is 28.4 Å². The standard InChI is InChI=1S/C21H18O4/c1-2-14-8-10-16(11-9-14)25-21-18(22)13-12-17(20(21)24)19(23)15-6-4-3-5-7-15/h3-13,22,24H,2H2,1H3. The molecule has 0 saturated carbocycles. The van der Waals surface area contributed by atoms with Crippen LogP contribution in [0.3, 0.4) is 0 Å². The van der Waals surface area contributed by atoms with Crippen molar-refractivity contribution in [1.29, 1.82) is 0 Å². The van der Waals surface area contributed by atoms with E-state index in [0.717, 1.165) is 12.0 Å². The number of phenols is 2. The Balaban J connectivity index is 1.95. The Morgan fingerprint density at radius 3 is 2.24 bits per heavy atom. The number of rotatable bonds is 5. The molecular weight excluding hydrogens is 316 g/mol. The maximum absolute atomic E-state index is 12.6. The van der Waals surface area contributed by atoms with Gasteiger partial charge < -0.3 is 14.9 Å². The first-order valence-corrected chi connectivity index (χ1v) is 8.01. The lowest BCUT2D eigenvalue weighted by atomic mass is 10.0. The van der Waals surface area contributed by atoms with E-state index in [2.05, 4.69) is 0 Å². The normalized spacial score (nSPS) is 10.4. The number of hydrogen-bond acceptors (Lipinski definition) is 4. The minimum atomic E-state index is -0.381. The Hall–Kier alpha value is -3.27. The van der Waals surface area contributed by atoms with Crippen LogP contribution in [0.25, 0.3) is 0 Å². The van der Waals surface area contributed by atoms with Crippen molar-refractivity contribution in [1.82, 2.24) is 0 Å². The number of aryl methyl sites for hydroxylation is 1. The van der Waals surface area contributed by atoms with E-state index in [1.54, 1.807) is 36.4 Å². The van der Waals surface area contributed by atoms with E-state index in [9.17, 15) is 15.0 Å². The number of hydrogen-bond donors (Lipinski definition) is 2. The predicted octanol–water partition coefficient (Wildman–Crippen LogP) is 4.68. The van der Waals surface area contributed by atoms with Gasteiger partial charge in [-0.15, -0.1) is 0 Å². The highest BCUT2D eigenvalue weighted by Gasteiger charge is 2.20. The summed E-state index contributed by atoms with van der Waals surface area (Å²) < 4.78 is 5.61. The highest BCUT2D eigenvalue weighted by Crippen LogP contribution is 2.41. The number of benzene rings is 3. The fourth-order valence-corrected chi connectivity index (χ4v) is 2.50. The molecule has 4 heteroatoms. The van der Waals surface area contributed by atoms with Gasteiger partial charge in [0.2, 0.25) is 5.75 Å². The number of aromatic hydroxyl groups is 2. The molecular formula is C21H18O4. The van der Waals surface area contributed by atoms with Crippen molar-refractivity contribution in [2.45, 2.75) is 13.3 Å². The molecule has 0 fully saturated rings. The smallest absolute Gasteiger partial charge is 0.211 e. The maximum atomic E-state index is 12.6. The fourth-order valence-electron chi connectivity index (χ4n) is 2.50. The Bertz CT molecular complexity index is 884. The quantitative estimate of drug-likeness (QED) is 0.665. The summed E-state index contributed by atoms with van der Waals surface area (Å²) >= 11 is 0. The van der Waals surface area contributed by atoms with Crippen molar-refractivity contribution in [3.63, 3.8) is 0 Å². The molecule has 0 aliphatic carbocycles. The number of ether oxygens (including phenoxy) is 1. The molecule has 0 radical (unpaired) electrons. The summed E-state index contributed by atoms with van der Waals surface area (Å²) in [6.45, 7) is 2.05. The van der Waals surface area contributed by atoms with E-state index in [-0.39, 0.29) is 28.6 Å². The Morgan fingerprint density at radius 2 is 1.60 bits per heavy atom. The number of phenolic OH excluding ortho intramolecular Hbond substituents is 2. The lowest BCUT2D eigenvalue weighted by molar-refractivity contribution is 0.103. The SMILES string of the molecule is CCc1ccc(Oc2c(O)ccc(C(=O)c3ccccc3)c2O)cc1. The van der Waals surface area contributed by atoms with Gasteiger partial charge in [0, 0.05) is 5.56 Å². The van der Waals surface area contributed by atoms with Crippen molar-refractivity contribution in [3.8, 4) is 23.0 Å². The zero-order valence-electron chi connectivity index (χ0n) is 13.8. The van der Waals surface area contributed by atoms with E-state index in [1.165, 1.54) is 12.1 Å². The first-order valence-electron chi connectivity index (χ1n) is 8.01. The summed E-state index contributed by atoms with van der Waals surface area (Å²) in [5.74, 6) is -0.627. The molecule has 25 heavy (non-hydrogen) atoms. The minimum Gasteiger partial charge on any atom is -0.504 e. The largest absolute Gasteiger partial charge is 0.504 e. The van der Waals surface area contributed by atoms with Crippen LogP contribution in [0, 0.1) is 0 Å². The number of carbonyl (C=O) groups excluding carboxylic acids is 1. The van der Waals surface area contributed by atoms with Crippen molar-refractivity contribution < 1.29 is 19.7 Å². The van der Waals surface area contributed by atoms with Crippen LogP contribution in [0.4, 0.5) is 0 Å². The van der Waals surface area contributed by atoms with Crippen molar-refractivity contribution in [2.75, 3.05) is 0 Å². The first kappa shape index (κ1) is 16.6. The molecule has 0 saturated heterocycles. The monoisotopic (exact) mass is 334 g/mol. The van der Waals surface area contributed by atoms with Crippen molar-refractivity contribution >= 4 is 5.78 Å². The molecule has 0 atom stereocenters. The minimum absolute atomic E-state index is 0.0733. The van der Waals surface area contributed by atoms with Crippen LogP contribution in [0.5, 0.6) is 23.0 Å². The first-order chi connectivity index (χ1) is 12.1. The summed E-state index contributed by atoms with van der Waals surface area (Å²) in [6.07, 6.45) is 0.901. The van der Waals surface area contributed by atoms with Crippen LogP contribution in [0.2, 0.25) is 0 Å². The van der Waals surface area contributed by atoms with Gasteiger partial charge in [0.1, 0.15) is 5.75 Å². The molecule has 0 spiro atoms. The van der Waals surface area contributed by atoms with Crippen molar-refractivity contribution in [3.05, 3.63) is 83.4 Å². The molecule has 0 aromatic heterocycles. The van der Waals surface area contributed by atoms with Gasteiger partial charge in [-0.05, 0) is 36.2 Å². The van der Waals surface area contributed by atoms with E-state index < -0.39 is 0 Å². The van der Waals surface area contributed by atoms with Gasteiger partial charge in [-0.3, -0.25) is 4.79 Å². The molecule has 3 rings (SSSR count). The van der Waals surface area contributed by atoms with Gasteiger partial charge >= 0.3 is 0 Å². The van der Waals surface area contributed by atoms with Crippen LogP contribution < -0.4 is 4.74 Å². The maximum Gasteiger partial charge on any atom is 0.211 e. The topological polar surface area (TPSA) is 66.8 Å². The lowest BCUT2D eigenvalue weighted by Crippen LogP contribution is -2.02. The number of ketones is 1. The molecule has 126 valence electrons. The summed E-state index contributed by atoms with van der Waals surface area (Å²) in [4.78, 5) is 12.6. The fraction of sp³-hybridized carbons (Fsp3) is 0.0952. The van der Waals surface area contributed by atoms with E-state index >= 15 is 0 Å². The third kappa shape index (κ3) is 3.48. The summed E-state index contributed by atoms with van der Waals surface area (Å²) in [7, 11) is 0. The van der Waals surface area contributed by atoms with Crippen LogP contribution >= 0.6 is 0 Å². The summed E-state index contributed by atoms with van der Waals surface area (Å²) in [5, 5.41) is 20.5. The second kappa shape index (κ2) is 7.09. The molecule has 4 nitrogen and oxygen atoms in total. The number of carbonyl (C=O) groups is 1. The lowest BCUT2D eigenvalue weighted by Gasteiger charge is -2.12. The van der Waals surface area contributed by atoms with E-state index in [1.807, 2.05) is 25.1 Å². The third-order valence-electron chi connectivity index (χ3n) is 3.94. The van der Waals surface area contributed by atoms with Crippen LogP contribution in [-0.4, -0.2) is 16.0 Å². The van der Waals surface area contributed by atoms with Gasteiger partial charge in [0.25, 0.3) is 0 Å². The third-order valence-corrected chi connectivity index (χ3v) is 3.94.